The van der Waals surface area contributed by atoms with E-state index in [9.17, 15) is 5.11 Å². The van der Waals surface area contributed by atoms with Crippen LogP contribution in [-0.2, 0) is 0 Å². The highest BCUT2D eigenvalue weighted by Gasteiger charge is 2.16. The Kier molecular flexibility index (Phi) is 6.92. The largest absolute Gasteiger partial charge is 0.393 e. The Morgan fingerprint density at radius 2 is 1.85 bits per heavy atom. The molecule has 2 nitrogen and oxygen atoms in total. The lowest BCUT2D eigenvalue weighted by atomic mass is 10.0. The number of aliphatic hydroxyl groups excluding tert-OH is 1. The second-order valence-corrected chi connectivity index (χ2v) is 3.81. The Morgan fingerprint density at radius 1 is 1.23 bits per heavy atom. The summed E-state index contributed by atoms with van der Waals surface area (Å²) >= 11 is 0. The highest BCUT2D eigenvalue weighted by atomic mass is 16.3. The van der Waals surface area contributed by atoms with Crippen LogP contribution in [0.5, 0.6) is 0 Å². The molecule has 1 atom stereocenters. The molecule has 0 saturated carbocycles. The zero-order chi connectivity index (χ0) is 10.2. The summed E-state index contributed by atoms with van der Waals surface area (Å²) in [6.07, 6.45) is 9.28. The van der Waals surface area contributed by atoms with E-state index >= 15 is 0 Å². The van der Waals surface area contributed by atoms with Gasteiger partial charge in [0.25, 0.3) is 0 Å². The second kappa shape index (κ2) is 7.10. The zero-order valence-corrected chi connectivity index (χ0v) is 8.79. The molecule has 1 unspecified atom stereocenters. The van der Waals surface area contributed by atoms with Crippen LogP contribution in [0.3, 0.4) is 0 Å². The molecule has 0 heterocycles. The van der Waals surface area contributed by atoms with Gasteiger partial charge in [-0.25, -0.2) is 0 Å². The van der Waals surface area contributed by atoms with E-state index in [0.717, 1.165) is 12.8 Å². The molecule has 0 amide bonds. The van der Waals surface area contributed by atoms with Crippen LogP contribution in [0.2, 0.25) is 0 Å². The van der Waals surface area contributed by atoms with Crippen LogP contribution in [0.1, 0.15) is 46.0 Å². The number of hydrogen-bond acceptors (Lipinski definition) is 2. The van der Waals surface area contributed by atoms with Crippen molar-refractivity contribution in [3.8, 4) is 0 Å². The third kappa shape index (κ3) is 8.00. The van der Waals surface area contributed by atoms with Crippen LogP contribution in [0, 0.1) is 0 Å². The summed E-state index contributed by atoms with van der Waals surface area (Å²) in [5, 5.41) is 18.2. The topological polar surface area (TPSA) is 40.5 Å². The molecule has 0 aromatic carbocycles. The minimum atomic E-state index is -0.908. The standard InChI is InChI=1S/C11H22O2/c1-3-4-5-6-7-8-9-11(2,13)10-12/h6-7,12-13H,3-5,8-10H2,1-2H3/b7-6+. The molecule has 0 aliphatic heterocycles. The molecule has 0 saturated heterocycles. The lowest BCUT2D eigenvalue weighted by Gasteiger charge is -2.18. The van der Waals surface area contributed by atoms with Gasteiger partial charge in [-0.3, -0.25) is 0 Å². The quantitative estimate of drug-likeness (QED) is 0.473. The Bertz CT molecular complexity index is 139. The smallest absolute Gasteiger partial charge is 0.0852 e. The van der Waals surface area contributed by atoms with Crippen molar-refractivity contribution in [1.82, 2.24) is 0 Å². The second-order valence-electron chi connectivity index (χ2n) is 3.81. The fourth-order valence-electron chi connectivity index (χ4n) is 1.03. The Hall–Kier alpha value is -0.340. The van der Waals surface area contributed by atoms with E-state index in [-0.39, 0.29) is 6.61 Å². The predicted octanol–water partition coefficient (Wildman–Crippen LogP) is 2.26. The number of aliphatic hydroxyl groups is 2. The fraction of sp³-hybridized carbons (Fsp3) is 0.818. The molecular weight excluding hydrogens is 164 g/mol. The molecule has 2 heteroatoms. The van der Waals surface area contributed by atoms with Crippen molar-refractivity contribution in [2.75, 3.05) is 6.61 Å². The minimum Gasteiger partial charge on any atom is -0.393 e. The van der Waals surface area contributed by atoms with E-state index < -0.39 is 5.60 Å². The number of allylic oxidation sites excluding steroid dienone is 2. The monoisotopic (exact) mass is 186 g/mol. The van der Waals surface area contributed by atoms with Gasteiger partial charge in [0.1, 0.15) is 0 Å². The average molecular weight is 186 g/mol. The molecule has 2 N–H and O–H groups in total. The SMILES string of the molecule is CCCC/C=C/CCC(C)(O)CO. The molecular formula is C11H22O2. The lowest BCUT2D eigenvalue weighted by Crippen LogP contribution is -2.28. The molecule has 0 aliphatic rings. The van der Waals surface area contributed by atoms with E-state index in [1.807, 2.05) is 0 Å². The average Bonchev–Trinajstić information content (AvgIpc) is 2.11. The number of hydrogen-bond donors (Lipinski definition) is 2. The first-order valence-corrected chi connectivity index (χ1v) is 5.10. The molecule has 0 aliphatic carbocycles. The first-order valence-electron chi connectivity index (χ1n) is 5.10. The van der Waals surface area contributed by atoms with E-state index in [0.29, 0.717) is 6.42 Å². The Balaban J connectivity index is 3.38. The molecule has 0 spiro atoms. The van der Waals surface area contributed by atoms with E-state index in [1.54, 1.807) is 6.92 Å². The maximum atomic E-state index is 9.44. The van der Waals surface area contributed by atoms with Crippen LogP contribution in [0.15, 0.2) is 12.2 Å². The summed E-state index contributed by atoms with van der Waals surface area (Å²) in [4.78, 5) is 0. The van der Waals surface area contributed by atoms with E-state index in [2.05, 4.69) is 19.1 Å². The van der Waals surface area contributed by atoms with Crippen LogP contribution in [0.4, 0.5) is 0 Å². The summed E-state index contributed by atoms with van der Waals surface area (Å²) in [5.74, 6) is 0. The van der Waals surface area contributed by atoms with E-state index in [1.165, 1.54) is 12.8 Å². The predicted molar refractivity (Wildman–Crippen MR) is 55.6 cm³/mol. The van der Waals surface area contributed by atoms with Crippen molar-refractivity contribution in [3.05, 3.63) is 12.2 Å². The molecule has 0 aromatic rings. The number of unbranched alkanes of at least 4 members (excludes halogenated alkanes) is 2. The highest BCUT2D eigenvalue weighted by Crippen LogP contribution is 2.11. The number of rotatable bonds is 7. The van der Waals surface area contributed by atoms with Gasteiger partial charge in [-0.05, 0) is 26.2 Å². The summed E-state index contributed by atoms with van der Waals surface area (Å²) < 4.78 is 0. The normalized spacial score (nSPS) is 16.3. The third-order valence-electron chi connectivity index (χ3n) is 2.08. The summed E-state index contributed by atoms with van der Waals surface area (Å²) in [7, 11) is 0. The van der Waals surface area contributed by atoms with Crippen molar-refractivity contribution in [2.24, 2.45) is 0 Å². The molecule has 78 valence electrons. The minimum absolute atomic E-state index is 0.157. The van der Waals surface area contributed by atoms with Gasteiger partial charge < -0.3 is 10.2 Å². The van der Waals surface area contributed by atoms with Gasteiger partial charge in [-0.15, -0.1) is 0 Å². The van der Waals surface area contributed by atoms with Gasteiger partial charge in [0.15, 0.2) is 0 Å². The van der Waals surface area contributed by atoms with Crippen LogP contribution in [-0.4, -0.2) is 22.4 Å². The van der Waals surface area contributed by atoms with Crippen LogP contribution < -0.4 is 0 Å². The van der Waals surface area contributed by atoms with Crippen LogP contribution in [0.25, 0.3) is 0 Å². The molecule has 0 aromatic heterocycles. The molecule has 0 fully saturated rings. The van der Waals surface area contributed by atoms with Crippen molar-refractivity contribution in [3.63, 3.8) is 0 Å². The summed E-state index contributed by atoms with van der Waals surface area (Å²) in [6, 6.07) is 0. The van der Waals surface area contributed by atoms with Gasteiger partial charge in [0.05, 0.1) is 12.2 Å². The van der Waals surface area contributed by atoms with E-state index in [4.69, 9.17) is 5.11 Å². The lowest BCUT2D eigenvalue weighted by molar-refractivity contribution is -0.00422. The first kappa shape index (κ1) is 12.7. The Labute approximate surface area is 81.3 Å². The van der Waals surface area contributed by atoms with Gasteiger partial charge >= 0.3 is 0 Å². The maximum Gasteiger partial charge on any atom is 0.0852 e. The van der Waals surface area contributed by atoms with Gasteiger partial charge in [0.2, 0.25) is 0 Å². The summed E-state index contributed by atoms with van der Waals surface area (Å²) in [5.41, 5.74) is -0.908. The van der Waals surface area contributed by atoms with Crippen molar-refractivity contribution < 1.29 is 10.2 Å². The van der Waals surface area contributed by atoms with Gasteiger partial charge in [0, 0.05) is 0 Å². The zero-order valence-electron chi connectivity index (χ0n) is 8.79. The highest BCUT2D eigenvalue weighted by molar-refractivity contribution is 4.84. The van der Waals surface area contributed by atoms with Crippen molar-refractivity contribution in [2.45, 2.75) is 51.6 Å². The van der Waals surface area contributed by atoms with Gasteiger partial charge in [-0.1, -0.05) is 31.9 Å². The maximum absolute atomic E-state index is 9.44. The molecule has 0 bridgehead atoms. The van der Waals surface area contributed by atoms with Crippen molar-refractivity contribution in [1.29, 1.82) is 0 Å². The Morgan fingerprint density at radius 3 is 2.38 bits per heavy atom. The van der Waals surface area contributed by atoms with Crippen molar-refractivity contribution >= 4 is 0 Å². The fourth-order valence-corrected chi connectivity index (χ4v) is 1.03. The molecule has 0 rings (SSSR count). The molecule has 0 radical (unpaired) electrons. The third-order valence-corrected chi connectivity index (χ3v) is 2.08. The van der Waals surface area contributed by atoms with Crippen LogP contribution >= 0.6 is 0 Å². The molecule has 13 heavy (non-hydrogen) atoms. The first-order chi connectivity index (χ1) is 6.12. The summed E-state index contributed by atoms with van der Waals surface area (Å²) in [6.45, 7) is 3.67. The van der Waals surface area contributed by atoms with Gasteiger partial charge in [-0.2, -0.15) is 0 Å².